The summed E-state index contributed by atoms with van der Waals surface area (Å²) in [5.41, 5.74) is 1.43. The monoisotopic (exact) mass is 292 g/mol. The number of hydrogen-bond donors (Lipinski definition) is 3. The standard InChI is InChI=1S/C11H11N3O3.C2H5NO/c1-7-5-10(13-11(15)12-7)8-3-2-4-9(6-8)14(16)17;1-3-2-4/h2-6,10H,1H3,(H2,12,13,15);2H,1H3,(H,3,4). The Morgan fingerprint density at radius 1 is 1.43 bits per heavy atom. The van der Waals surface area contributed by atoms with Gasteiger partial charge in [-0.25, -0.2) is 4.79 Å². The third-order valence-electron chi connectivity index (χ3n) is 2.57. The van der Waals surface area contributed by atoms with E-state index in [2.05, 4.69) is 16.0 Å². The molecule has 0 radical (unpaired) electrons. The average Bonchev–Trinajstić information content (AvgIpc) is 2.46. The first-order chi connectivity index (χ1) is 9.97. The van der Waals surface area contributed by atoms with Crippen molar-refractivity contribution >= 4 is 18.1 Å². The van der Waals surface area contributed by atoms with E-state index in [1.54, 1.807) is 32.2 Å². The van der Waals surface area contributed by atoms with Crippen LogP contribution in [0, 0.1) is 10.1 Å². The summed E-state index contributed by atoms with van der Waals surface area (Å²) in [7, 11) is 1.56. The van der Waals surface area contributed by atoms with E-state index in [4.69, 9.17) is 4.79 Å². The second-order valence-corrected chi connectivity index (χ2v) is 4.18. The molecule has 3 N–H and O–H groups in total. The van der Waals surface area contributed by atoms with Crippen LogP contribution in [0.4, 0.5) is 10.5 Å². The Labute approximate surface area is 121 Å². The van der Waals surface area contributed by atoms with Crippen molar-refractivity contribution in [2.24, 2.45) is 0 Å². The summed E-state index contributed by atoms with van der Waals surface area (Å²) in [6, 6.07) is 5.59. The van der Waals surface area contributed by atoms with E-state index in [0.717, 1.165) is 5.70 Å². The predicted octanol–water partition coefficient (Wildman–Crippen LogP) is 1.21. The largest absolute Gasteiger partial charge is 0.362 e. The minimum atomic E-state index is -0.455. The Morgan fingerprint density at radius 2 is 2.10 bits per heavy atom. The van der Waals surface area contributed by atoms with E-state index in [9.17, 15) is 14.9 Å². The third-order valence-corrected chi connectivity index (χ3v) is 2.57. The van der Waals surface area contributed by atoms with Crippen molar-refractivity contribution in [3.05, 3.63) is 51.7 Å². The lowest BCUT2D eigenvalue weighted by Gasteiger charge is -2.22. The number of nitro groups is 1. The molecule has 1 aromatic rings. The van der Waals surface area contributed by atoms with E-state index in [0.29, 0.717) is 12.0 Å². The Kier molecular flexibility index (Phi) is 5.87. The summed E-state index contributed by atoms with van der Waals surface area (Å²) in [4.78, 5) is 30.5. The smallest absolute Gasteiger partial charge is 0.319 e. The van der Waals surface area contributed by atoms with Gasteiger partial charge >= 0.3 is 6.03 Å². The molecule has 0 aliphatic carbocycles. The molecule has 1 atom stereocenters. The van der Waals surface area contributed by atoms with Gasteiger partial charge in [-0.15, -0.1) is 0 Å². The number of non-ortho nitro benzene ring substituents is 1. The fraction of sp³-hybridized carbons (Fsp3) is 0.231. The van der Waals surface area contributed by atoms with Gasteiger partial charge in [0.1, 0.15) is 0 Å². The summed E-state index contributed by atoms with van der Waals surface area (Å²) in [6.07, 6.45) is 2.43. The van der Waals surface area contributed by atoms with E-state index >= 15 is 0 Å². The summed E-state index contributed by atoms with van der Waals surface area (Å²) >= 11 is 0. The van der Waals surface area contributed by atoms with Crippen LogP contribution < -0.4 is 16.0 Å². The third kappa shape index (κ3) is 4.94. The Balaban J connectivity index is 0.000000491. The first-order valence-corrected chi connectivity index (χ1v) is 6.09. The highest BCUT2D eigenvalue weighted by Gasteiger charge is 2.19. The number of amides is 3. The molecule has 0 spiro atoms. The first kappa shape index (κ1) is 16.2. The number of carbonyl (C=O) groups is 2. The van der Waals surface area contributed by atoms with Gasteiger partial charge in [0.2, 0.25) is 6.41 Å². The molecule has 0 bridgehead atoms. The van der Waals surface area contributed by atoms with Crippen LogP contribution >= 0.6 is 0 Å². The molecule has 1 aliphatic rings. The minimum absolute atomic E-state index is 0.0151. The zero-order valence-corrected chi connectivity index (χ0v) is 11.6. The van der Waals surface area contributed by atoms with Crippen LogP contribution in [0.2, 0.25) is 0 Å². The van der Waals surface area contributed by atoms with Crippen LogP contribution in [0.3, 0.4) is 0 Å². The highest BCUT2D eigenvalue weighted by Crippen LogP contribution is 2.22. The number of carbonyl (C=O) groups excluding carboxylic acids is 2. The molecule has 112 valence electrons. The zero-order chi connectivity index (χ0) is 15.8. The molecule has 0 aromatic heterocycles. The summed E-state index contributed by atoms with van der Waals surface area (Å²) < 4.78 is 0. The van der Waals surface area contributed by atoms with Crippen molar-refractivity contribution < 1.29 is 14.5 Å². The first-order valence-electron chi connectivity index (χ1n) is 6.09. The van der Waals surface area contributed by atoms with Crippen LogP contribution in [0.15, 0.2) is 36.0 Å². The molecular formula is C13H16N4O4. The van der Waals surface area contributed by atoms with Gasteiger partial charge in [0.15, 0.2) is 0 Å². The molecule has 8 nitrogen and oxygen atoms in total. The fourth-order valence-corrected chi connectivity index (χ4v) is 1.70. The van der Waals surface area contributed by atoms with Gasteiger partial charge in [0.25, 0.3) is 5.69 Å². The normalized spacial score (nSPS) is 16.4. The molecular weight excluding hydrogens is 276 g/mol. The minimum Gasteiger partial charge on any atom is -0.362 e. The van der Waals surface area contributed by atoms with Crippen LogP contribution in [-0.2, 0) is 4.79 Å². The highest BCUT2D eigenvalue weighted by atomic mass is 16.6. The highest BCUT2D eigenvalue weighted by molar-refractivity contribution is 5.78. The molecule has 1 heterocycles. The fourth-order valence-electron chi connectivity index (χ4n) is 1.70. The van der Waals surface area contributed by atoms with Crippen molar-refractivity contribution in [1.82, 2.24) is 16.0 Å². The molecule has 0 saturated carbocycles. The number of nitro benzene ring substituents is 1. The van der Waals surface area contributed by atoms with Crippen molar-refractivity contribution in [2.75, 3.05) is 7.05 Å². The van der Waals surface area contributed by atoms with Crippen molar-refractivity contribution in [3.8, 4) is 0 Å². The lowest BCUT2D eigenvalue weighted by atomic mass is 10.0. The number of allylic oxidation sites excluding steroid dienone is 1. The SMILES string of the molecule is CC1=CC(c2cccc([N+](=O)[O-])c2)NC(=O)N1.CNC=O. The van der Waals surface area contributed by atoms with Crippen LogP contribution in [0.1, 0.15) is 18.5 Å². The Hall–Kier alpha value is -2.90. The predicted molar refractivity (Wildman–Crippen MR) is 76.4 cm³/mol. The van der Waals surface area contributed by atoms with E-state index in [1.165, 1.54) is 12.1 Å². The van der Waals surface area contributed by atoms with E-state index < -0.39 is 4.92 Å². The van der Waals surface area contributed by atoms with Crippen LogP contribution in [0.25, 0.3) is 0 Å². The number of benzene rings is 1. The molecule has 1 aliphatic heterocycles. The van der Waals surface area contributed by atoms with Crippen molar-refractivity contribution in [2.45, 2.75) is 13.0 Å². The lowest BCUT2D eigenvalue weighted by molar-refractivity contribution is -0.384. The quantitative estimate of drug-likeness (QED) is 0.441. The van der Waals surface area contributed by atoms with Gasteiger partial charge in [-0.05, 0) is 18.6 Å². The Morgan fingerprint density at radius 3 is 2.62 bits per heavy atom. The molecule has 0 fully saturated rings. The maximum atomic E-state index is 11.3. The molecule has 0 saturated heterocycles. The van der Waals surface area contributed by atoms with E-state index in [1.807, 2.05) is 0 Å². The average molecular weight is 292 g/mol. The van der Waals surface area contributed by atoms with Crippen LogP contribution in [-0.4, -0.2) is 24.4 Å². The number of nitrogens with zero attached hydrogens (tertiary/aromatic N) is 1. The van der Waals surface area contributed by atoms with E-state index in [-0.39, 0.29) is 17.8 Å². The Bertz CT molecular complexity index is 571. The number of urea groups is 1. The molecule has 1 unspecified atom stereocenters. The van der Waals surface area contributed by atoms with Gasteiger partial charge < -0.3 is 16.0 Å². The summed E-state index contributed by atoms with van der Waals surface area (Å²) in [5.74, 6) is 0. The lowest BCUT2D eigenvalue weighted by Crippen LogP contribution is -2.40. The molecule has 3 amide bonds. The topological polar surface area (TPSA) is 113 Å². The second-order valence-electron chi connectivity index (χ2n) is 4.18. The van der Waals surface area contributed by atoms with Gasteiger partial charge in [-0.3, -0.25) is 14.9 Å². The van der Waals surface area contributed by atoms with Gasteiger partial charge in [-0.1, -0.05) is 12.1 Å². The maximum Gasteiger partial charge on any atom is 0.319 e. The van der Waals surface area contributed by atoms with Crippen LogP contribution in [0.5, 0.6) is 0 Å². The molecule has 8 heteroatoms. The number of rotatable bonds is 3. The summed E-state index contributed by atoms with van der Waals surface area (Å²) in [5, 5.41) is 18.2. The molecule has 1 aromatic carbocycles. The number of nitrogens with one attached hydrogen (secondary N) is 3. The second kappa shape index (κ2) is 7.63. The van der Waals surface area contributed by atoms with Crippen molar-refractivity contribution in [3.63, 3.8) is 0 Å². The van der Waals surface area contributed by atoms with Gasteiger partial charge in [-0.2, -0.15) is 0 Å². The van der Waals surface area contributed by atoms with Gasteiger partial charge in [0, 0.05) is 24.9 Å². The zero-order valence-electron chi connectivity index (χ0n) is 11.6. The summed E-state index contributed by atoms with van der Waals surface area (Å²) in [6.45, 7) is 1.77. The van der Waals surface area contributed by atoms with Crippen molar-refractivity contribution in [1.29, 1.82) is 0 Å². The molecule has 2 rings (SSSR count). The van der Waals surface area contributed by atoms with Gasteiger partial charge in [0.05, 0.1) is 11.0 Å². The molecule has 21 heavy (non-hydrogen) atoms. The number of hydrogen-bond acceptors (Lipinski definition) is 4. The maximum absolute atomic E-state index is 11.3.